The standard InChI is InChI=1S/C38H39N5O6S/c1-48-31-21-25(22-32(49-2)34(31)44)23-33-37(47)43(38(50-33)41-28-12-7-4-8-13-28)30(36(46)42-29(35(40)45)14-9-19-39)20-24-15-17-27(18-16-24)26-10-5-3-6-11-26/h3-8,10-13,15-18,21-23,29-30,44H,9,14,19-20,39H2,1-2H3,(H2,40,45)(H,42,46)/b33-23-,41-38?/t29-,30-/m0/s1. The number of nitrogens with two attached hydrogens (primary N) is 2. The van der Waals surface area contributed by atoms with Gasteiger partial charge in [-0.15, -0.1) is 0 Å². The van der Waals surface area contributed by atoms with E-state index in [-0.39, 0.29) is 40.2 Å². The zero-order valence-electron chi connectivity index (χ0n) is 27.7. The van der Waals surface area contributed by atoms with Gasteiger partial charge in [0, 0.05) is 6.42 Å². The van der Waals surface area contributed by atoms with Crippen LogP contribution in [0, 0.1) is 0 Å². The van der Waals surface area contributed by atoms with E-state index >= 15 is 0 Å². The fraction of sp³-hybridized carbons (Fsp3) is 0.211. The molecule has 11 nitrogen and oxygen atoms in total. The quantitative estimate of drug-likeness (QED) is 0.134. The van der Waals surface area contributed by atoms with Gasteiger partial charge in [-0.25, -0.2) is 4.99 Å². The van der Waals surface area contributed by atoms with Crippen LogP contribution in [0.3, 0.4) is 0 Å². The molecule has 3 amide bonds. The molecule has 6 N–H and O–H groups in total. The predicted octanol–water partition coefficient (Wildman–Crippen LogP) is 5.00. The predicted molar refractivity (Wildman–Crippen MR) is 196 cm³/mol. The summed E-state index contributed by atoms with van der Waals surface area (Å²) in [5.41, 5.74) is 15.3. The van der Waals surface area contributed by atoms with Crippen molar-refractivity contribution >= 4 is 46.4 Å². The Balaban J connectivity index is 1.58. The van der Waals surface area contributed by atoms with Crippen molar-refractivity contribution in [1.29, 1.82) is 0 Å². The number of phenols is 1. The van der Waals surface area contributed by atoms with Crippen molar-refractivity contribution in [2.24, 2.45) is 16.5 Å². The van der Waals surface area contributed by atoms with Gasteiger partial charge in [0.1, 0.15) is 12.1 Å². The largest absolute Gasteiger partial charge is 0.502 e. The molecule has 4 aromatic rings. The molecule has 1 fully saturated rings. The lowest BCUT2D eigenvalue weighted by atomic mass is 9.99. The highest BCUT2D eigenvalue weighted by Crippen LogP contribution is 2.40. The van der Waals surface area contributed by atoms with Gasteiger partial charge in [0.05, 0.1) is 24.8 Å². The van der Waals surface area contributed by atoms with Gasteiger partial charge in [0.15, 0.2) is 16.7 Å². The Kier molecular flexibility index (Phi) is 11.9. The number of carbonyl (C=O) groups is 3. The molecule has 0 saturated carbocycles. The van der Waals surface area contributed by atoms with Crippen molar-refractivity contribution in [3.05, 3.63) is 113 Å². The average molecular weight is 694 g/mol. The fourth-order valence-electron chi connectivity index (χ4n) is 5.46. The molecular weight excluding hydrogens is 655 g/mol. The molecule has 1 aliphatic heterocycles. The number of hydrogen-bond donors (Lipinski definition) is 4. The highest BCUT2D eigenvalue weighted by Gasteiger charge is 2.42. The first-order chi connectivity index (χ1) is 24.2. The summed E-state index contributed by atoms with van der Waals surface area (Å²) in [5.74, 6) is -1.60. The first-order valence-electron chi connectivity index (χ1n) is 16.0. The molecule has 258 valence electrons. The summed E-state index contributed by atoms with van der Waals surface area (Å²) < 4.78 is 10.6. The average Bonchev–Trinajstić information content (AvgIpc) is 3.43. The Morgan fingerprint density at radius 3 is 2.12 bits per heavy atom. The Labute approximate surface area is 295 Å². The van der Waals surface area contributed by atoms with Crippen LogP contribution in [0.25, 0.3) is 17.2 Å². The SMILES string of the molecule is COc1cc(/C=C2\SC(=Nc3ccccc3)N([C@@H](Cc3ccc(-c4ccccc4)cc3)C(=O)N[C@@H](CCCN)C(N)=O)C2=O)cc(OC)c1O. The van der Waals surface area contributed by atoms with Crippen LogP contribution in [-0.4, -0.2) is 65.7 Å². The fourth-order valence-corrected chi connectivity index (χ4v) is 6.50. The lowest BCUT2D eigenvalue weighted by Gasteiger charge is -2.28. The van der Waals surface area contributed by atoms with E-state index < -0.39 is 29.8 Å². The molecule has 0 aliphatic carbocycles. The van der Waals surface area contributed by atoms with E-state index in [1.807, 2.05) is 72.8 Å². The third-order valence-corrected chi connectivity index (χ3v) is 9.06. The van der Waals surface area contributed by atoms with Gasteiger partial charge in [-0.05, 0) is 83.7 Å². The van der Waals surface area contributed by atoms with Crippen LogP contribution in [0.1, 0.15) is 24.0 Å². The van der Waals surface area contributed by atoms with Crippen molar-refractivity contribution < 1.29 is 29.0 Å². The molecule has 50 heavy (non-hydrogen) atoms. The van der Waals surface area contributed by atoms with E-state index in [2.05, 4.69) is 5.32 Å². The molecule has 0 bridgehead atoms. The van der Waals surface area contributed by atoms with E-state index in [0.717, 1.165) is 28.5 Å². The molecule has 1 saturated heterocycles. The molecule has 1 aliphatic rings. The number of primary amides is 1. The third-order valence-electron chi connectivity index (χ3n) is 8.08. The summed E-state index contributed by atoms with van der Waals surface area (Å²) in [6.07, 6.45) is 2.44. The molecule has 0 radical (unpaired) electrons. The van der Waals surface area contributed by atoms with E-state index in [4.69, 9.17) is 25.9 Å². The highest BCUT2D eigenvalue weighted by atomic mass is 32.2. The number of para-hydroxylation sites is 1. The van der Waals surface area contributed by atoms with Crippen molar-refractivity contribution in [2.45, 2.75) is 31.3 Å². The van der Waals surface area contributed by atoms with E-state index in [9.17, 15) is 19.5 Å². The van der Waals surface area contributed by atoms with Crippen LogP contribution < -0.4 is 26.3 Å². The maximum Gasteiger partial charge on any atom is 0.267 e. The molecular formula is C38H39N5O6S. The van der Waals surface area contributed by atoms with Crippen LogP contribution in [0.15, 0.2) is 107 Å². The van der Waals surface area contributed by atoms with Gasteiger partial charge in [0.25, 0.3) is 5.91 Å². The van der Waals surface area contributed by atoms with Gasteiger partial charge in [-0.2, -0.15) is 0 Å². The Morgan fingerprint density at radius 1 is 0.940 bits per heavy atom. The van der Waals surface area contributed by atoms with E-state index in [1.165, 1.54) is 19.1 Å². The molecule has 0 unspecified atom stereocenters. The second kappa shape index (κ2) is 16.7. The molecule has 12 heteroatoms. The zero-order chi connectivity index (χ0) is 35.6. The molecule has 0 aromatic heterocycles. The van der Waals surface area contributed by atoms with Gasteiger partial charge in [-0.1, -0.05) is 72.8 Å². The number of rotatable bonds is 14. The number of thioether (sulfide) groups is 1. The van der Waals surface area contributed by atoms with Crippen molar-refractivity contribution in [3.63, 3.8) is 0 Å². The van der Waals surface area contributed by atoms with Crippen molar-refractivity contribution in [1.82, 2.24) is 10.2 Å². The highest BCUT2D eigenvalue weighted by molar-refractivity contribution is 8.18. The molecule has 4 aromatic carbocycles. The zero-order valence-corrected chi connectivity index (χ0v) is 28.6. The number of amidine groups is 1. The number of carbonyl (C=O) groups excluding carboxylic acids is 3. The Hall–Kier alpha value is -5.59. The third kappa shape index (κ3) is 8.52. The number of amides is 3. The number of methoxy groups -OCH3 is 2. The normalized spacial score (nSPS) is 15.6. The summed E-state index contributed by atoms with van der Waals surface area (Å²) in [4.78, 5) is 47.4. The molecule has 0 spiro atoms. The summed E-state index contributed by atoms with van der Waals surface area (Å²) in [7, 11) is 2.82. The number of benzene rings is 4. The van der Waals surface area contributed by atoms with Gasteiger partial charge in [0.2, 0.25) is 17.6 Å². The second-order valence-electron chi connectivity index (χ2n) is 11.5. The number of ether oxygens (including phenoxy) is 2. The number of aromatic hydroxyl groups is 1. The van der Waals surface area contributed by atoms with E-state index in [0.29, 0.717) is 24.2 Å². The smallest absolute Gasteiger partial charge is 0.267 e. The first kappa shape index (κ1) is 35.7. The summed E-state index contributed by atoms with van der Waals surface area (Å²) in [6.45, 7) is 0.312. The number of nitrogens with zero attached hydrogens (tertiary/aromatic N) is 2. The van der Waals surface area contributed by atoms with Crippen LogP contribution in [-0.2, 0) is 20.8 Å². The van der Waals surface area contributed by atoms with Crippen LogP contribution >= 0.6 is 11.8 Å². The van der Waals surface area contributed by atoms with Crippen molar-refractivity contribution in [2.75, 3.05) is 20.8 Å². The number of nitrogens with one attached hydrogen (secondary N) is 1. The monoisotopic (exact) mass is 693 g/mol. The Bertz CT molecular complexity index is 1860. The second-order valence-corrected chi connectivity index (χ2v) is 12.5. The summed E-state index contributed by atoms with van der Waals surface area (Å²) >= 11 is 1.10. The van der Waals surface area contributed by atoms with Gasteiger partial charge >= 0.3 is 0 Å². The number of aliphatic imine (C=N–C) groups is 1. The lowest BCUT2D eigenvalue weighted by molar-refractivity contribution is -0.134. The molecule has 2 atom stereocenters. The van der Waals surface area contributed by atoms with Gasteiger partial charge in [-0.3, -0.25) is 19.3 Å². The number of phenolic OH excluding ortho intramolecular Hbond substituents is 1. The van der Waals surface area contributed by atoms with Crippen LogP contribution in [0.5, 0.6) is 17.2 Å². The topological polar surface area (TPSA) is 170 Å². The minimum absolute atomic E-state index is 0.109. The minimum Gasteiger partial charge on any atom is -0.502 e. The molecule has 5 rings (SSSR count). The summed E-state index contributed by atoms with van der Waals surface area (Å²) in [5, 5.41) is 13.5. The number of hydrogen-bond acceptors (Lipinski definition) is 9. The van der Waals surface area contributed by atoms with Gasteiger partial charge < -0.3 is 31.4 Å². The Morgan fingerprint density at radius 2 is 1.54 bits per heavy atom. The maximum atomic E-state index is 14.4. The van der Waals surface area contributed by atoms with E-state index in [1.54, 1.807) is 30.3 Å². The molecule has 1 heterocycles. The van der Waals surface area contributed by atoms with Crippen molar-refractivity contribution in [3.8, 4) is 28.4 Å². The minimum atomic E-state index is -1.12. The first-order valence-corrected chi connectivity index (χ1v) is 16.8. The summed E-state index contributed by atoms with van der Waals surface area (Å²) in [6, 6.07) is 27.8. The van der Waals surface area contributed by atoms with Crippen LogP contribution in [0.4, 0.5) is 5.69 Å². The van der Waals surface area contributed by atoms with Crippen LogP contribution in [0.2, 0.25) is 0 Å². The maximum absolute atomic E-state index is 14.4. The lowest BCUT2D eigenvalue weighted by Crippen LogP contribution is -2.55.